The summed E-state index contributed by atoms with van der Waals surface area (Å²) in [5.41, 5.74) is 7.11. The van der Waals surface area contributed by atoms with Crippen LogP contribution in [0.15, 0.2) is 12.1 Å². The molecule has 0 spiro atoms. The van der Waals surface area contributed by atoms with Crippen molar-refractivity contribution in [2.24, 2.45) is 0 Å². The average Bonchev–Trinajstić information content (AvgIpc) is 2.21. The molecule has 0 aliphatic carbocycles. The van der Waals surface area contributed by atoms with Crippen molar-refractivity contribution in [2.45, 2.75) is 32.7 Å². The van der Waals surface area contributed by atoms with Crippen molar-refractivity contribution in [3.63, 3.8) is 0 Å². The van der Waals surface area contributed by atoms with Gasteiger partial charge < -0.3 is 11.1 Å². The van der Waals surface area contributed by atoms with E-state index in [2.05, 4.69) is 19.2 Å². The summed E-state index contributed by atoms with van der Waals surface area (Å²) in [6.07, 6.45) is 2.01. The highest BCUT2D eigenvalue weighted by molar-refractivity contribution is 14.1. The predicted molar refractivity (Wildman–Crippen MR) is 71.5 cm³/mol. The van der Waals surface area contributed by atoms with Gasteiger partial charge in [-0.05, 0) is 41.5 Å². The number of nitrogen functional groups attached to an aromatic ring is 1. The highest BCUT2D eigenvalue weighted by Crippen LogP contribution is 2.25. The van der Waals surface area contributed by atoms with Crippen LogP contribution in [0, 0.1) is 9.39 Å². The van der Waals surface area contributed by atoms with Crippen LogP contribution in [0.1, 0.15) is 26.7 Å². The molecule has 2 nitrogen and oxygen atoms in total. The first-order valence-electron chi connectivity index (χ1n) is 5.09. The SMILES string of the molecule is CCC(CC)Nc1cc(F)c(I)cc1N. The largest absolute Gasteiger partial charge is 0.397 e. The molecule has 0 heterocycles. The van der Waals surface area contributed by atoms with Gasteiger partial charge >= 0.3 is 0 Å². The van der Waals surface area contributed by atoms with Crippen molar-refractivity contribution in [3.8, 4) is 0 Å². The zero-order chi connectivity index (χ0) is 11.4. The van der Waals surface area contributed by atoms with Crippen LogP contribution in [0.4, 0.5) is 15.8 Å². The summed E-state index contributed by atoms with van der Waals surface area (Å²) in [4.78, 5) is 0. The molecule has 0 fully saturated rings. The number of nitrogens with two attached hydrogens (primary N) is 1. The summed E-state index contributed by atoms with van der Waals surface area (Å²) < 4.78 is 13.9. The van der Waals surface area contributed by atoms with E-state index >= 15 is 0 Å². The fourth-order valence-electron chi connectivity index (χ4n) is 1.40. The molecular weight excluding hydrogens is 306 g/mol. The Morgan fingerprint density at radius 1 is 1.40 bits per heavy atom. The van der Waals surface area contributed by atoms with Crippen molar-refractivity contribution in [2.75, 3.05) is 11.1 Å². The number of halogens is 2. The fraction of sp³-hybridized carbons (Fsp3) is 0.455. The van der Waals surface area contributed by atoms with Gasteiger partial charge in [-0.15, -0.1) is 0 Å². The molecule has 3 N–H and O–H groups in total. The van der Waals surface area contributed by atoms with Gasteiger partial charge in [0.2, 0.25) is 0 Å². The number of hydrogen-bond donors (Lipinski definition) is 2. The van der Waals surface area contributed by atoms with Crippen LogP contribution in [0.5, 0.6) is 0 Å². The second-order valence-electron chi connectivity index (χ2n) is 3.51. The molecule has 84 valence electrons. The molecule has 0 saturated heterocycles. The minimum absolute atomic E-state index is 0.224. The van der Waals surface area contributed by atoms with E-state index in [-0.39, 0.29) is 5.82 Å². The Bertz CT molecular complexity index is 338. The zero-order valence-electron chi connectivity index (χ0n) is 8.98. The first-order valence-corrected chi connectivity index (χ1v) is 6.17. The normalized spacial score (nSPS) is 10.7. The van der Waals surface area contributed by atoms with E-state index in [1.807, 2.05) is 22.6 Å². The second-order valence-corrected chi connectivity index (χ2v) is 4.67. The number of nitrogens with one attached hydrogen (secondary N) is 1. The summed E-state index contributed by atoms with van der Waals surface area (Å²) in [5, 5.41) is 3.25. The Morgan fingerprint density at radius 2 is 2.00 bits per heavy atom. The maximum atomic E-state index is 13.3. The zero-order valence-corrected chi connectivity index (χ0v) is 11.1. The maximum absolute atomic E-state index is 13.3. The third-order valence-corrected chi connectivity index (χ3v) is 3.26. The van der Waals surface area contributed by atoms with Crippen LogP contribution in [0.3, 0.4) is 0 Å². The Balaban J connectivity index is 2.89. The van der Waals surface area contributed by atoms with Gasteiger partial charge in [-0.2, -0.15) is 0 Å². The first kappa shape index (κ1) is 12.5. The highest BCUT2D eigenvalue weighted by atomic mass is 127. The van der Waals surface area contributed by atoms with Crippen molar-refractivity contribution >= 4 is 34.0 Å². The topological polar surface area (TPSA) is 38.0 Å². The summed E-state index contributed by atoms with van der Waals surface area (Å²) >= 11 is 1.94. The monoisotopic (exact) mass is 322 g/mol. The van der Waals surface area contributed by atoms with Crippen molar-refractivity contribution in [1.29, 1.82) is 0 Å². The van der Waals surface area contributed by atoms with Crippen molar-refractivity contribution in [1.82, 2.24) is 0 Å². The molecule has 0 radical (unpaired) electrons. The lowest BCUT2D eigenvalue weighted by Crippen LogP contribution is -2.18. The lowest BCUT2D eigenvalue weighted by atomic mass is 10.1. The minimum Gasteiger partial charge on any atom is -0.397 e. The number of benzene rings is 1. The van der Waals surface area contributed by atoms with Crippen LogP contribution < -0.4 is 11.1 Å². The van der Waals surface area contributed by atoms with Crippen molar-refractivity contribution in [3.05, 3.63) is 21.5 Å². The molecule has 0 amide bonds. The van der Waals surface area contributed by atoms with Gasteiger partial charge in [0.25, 0.3) is 0 Å². The molecule has 0 saturated carbocycles. The van der Waals surface area contributed by atoms with Gasteiger partial charge in [-0.3, -0.25) is 0 Å². The molecule has 0 atom stereocenters. The van der Waals surface area contributed by atoms with Crippen LogP contribution in [-0.2, 0) is 0 Å². The molecule has 1 rings (SSSR count). The van der Waals surface area contributed by atoms with E-state index in [0.717, 1.165) is 12.8 Å². The Morgan fingerprint density at radius 3 is 2.53 bits per heavy atom. The summed E-state index contributed by atoms with van der Waals surface area (Å²) in [7, 11) is 0. The fourth-order valence-corrected chi connectivity index (χ4v) is 1.89. The van der Waals surface area contributed by atoms with E-state index < -0.39 is 0 Å². The van der Waals surface area contributed by atoms with E-state index in [1.54, 1.807) is 6.07 Å². The van der Waals surface area contributed by atoms with Gasteiger partial charge in [-0.25, -0.2) is 4.39 Å². The summed E-state index contributed by atoms with van der Waals surface area (Å²) in [6.45, 7) is 4.20. The molecule has 0 unspecified atom stereocenters. The Hall–Kier alpha value is -0.520. The van der Waals surface area contributed by atoms with Gasteiger partial charge in [0.05, 0.1) is 14.9 Å². The molecule has 15 heavy (non-hydrogen) atoms. The molecule has 0 aliphatic rings. The quantitative estimate of drug-likeness (QED) is 0.656. The molecule has 1 aromatic carbocycles. The number of anilines is 2. The third-order valence-electron chi connectivity index (χ3n) is 2.44. The maximum Gasteiger partial charge on any atom is 0.138 e. The lowest BCUT2D eigenvalue weighted by Gasteiger charge is -2.18. The average molecular weight is 322 g/mol. The van der Waals surface area contributed by atoms with Gasteiger partial charge in [0, 0.05) is 12.1 Å². The van der Waals surface area contributed by atoms with Crippen LogP contribution in [0.2, 0.25) is 0 Å². The number of hydrogen-bond acceptors (Lipinski definition) is 2. The molecule has 0 aromatic heterocycles. The first-order chi connectivity index (χ1) is 7.08. The van der Waals surface area contributed by atoms with Gasteiger partial charge in [0.15, 0.2) is 0 Å². The third kappa shape index (κ3) is 3.22. The number of rotatable bonds is 4. The van der Waals surface area contributed by atoms with Crippen molar-refractivity contribution < 1.29 is 4.39 Å². The van der Waals surface area contributed by atoms with E-state index in [9.17, 15) is 4.39 Å². The highest BCUT2D eigenvalue weighted by Gasteiger charge is 2.09. The smallest absolute Gasteiger partial charge is 0.138 e. The summed E-state index contributed by atoms with van der Waals surface area (Å²) in [5.74, 6) is -0.224. The molecule has 4 heteroatoms. The van der Waals surface area contributed by atoms with E-state index in [1.165, 1.54) is 6.07 Å². The standard InChI is InChI=1S/C11H16FIN2/c1-3-7(4-2)15-11-5-8(12)9(13)6-10(11)14/h5-7,15H,3-4,14H2,1-2H3. The Kier molecular flexibility index (Phi) is 4.63. The minimum atomic E-state index is -0.224. The van der Waals surface area contributed by atoms with Crippen LogP contribution in [0.25, 0.3) is 0 Å². The Labute approximate surface area is 104 Å². The van der Waals surface area contributed by atoms with Gasteiger partial charge in [-0.1, -0.05) is 13.8 Å². The van der Waals surface area contributed by atoms with E-state index in [0.29, 0.717) is 21.0 Å². The molecule has 1 aromatic rings. The van der Waals surface area contributed by atoms with E-state index in [4.69, 9.17) is 5.73 Å². The molecule has 0 bridgehead atoms. The van der Waals surface area contributed by atoms with Gasteiger partial charge in [0.1, 0.15) is 5.82 Å². The lowest BCUT2D eigenvalue weighted by molar-refractivity contribution is 0.619. The molecular formula is C11H16FIN2. The molecule has 0 aliphatic heterocycles. The second kappa shape index (κ2) is 5.53. The summed E-state index contributed by atoms with van der Waals surface area (Å²) in [6, 6.07) is 3.47. The predicted octanol–water partition coefficient (Wildman–Crippen LogP) is 3.61. The van der Waals surface area contributed by atoms with Crippen LogP contribution in [-0.4, -0.2) is 6.04 Å². The van der Waals surface area contributed by atoms with Crippen LogP contribution >= 0.6 is 22.6 Å².